The molecule has 3 aromatic heterocycles. The minimum atomic E-state index is 0.669. The van der Waals surface area contributed by atoms with Crippen LogP contribution in [0.3, 0.4) is 0 Å². The molecule has 0 saturated heterocycles. The van der Waals surface area contributed by atoms with E-state index in [0.717, 1.165) is 106 Å². The van der Waals surface area contributed by atoms with Gasteiger partial charge in [0.2, 0.25) is 0 Å². The van der Waals surface area contributed by atoms with Gasteiger partial charge in [-0.25, -0.2) is 19.9 Å². The zero-order chi connectivity index (χ0) is 43.1. The van der Waals surface area contributed by atoms with Crippen molar-refractivity contribution < 1.29 is 4.42 Å². The fraction of sp³-hybridized carbons (Fsp3) is 0. The topological polar surface area (TPSA) is 64.7 Å². The highest BCUT2D eigenvalue weighted by Crippen LogP contribution is 2.43. The first-order chi connectivity index (χ1) is 32.2. The molecule has 0 aliphatic carbocycles. The van der Waals surface area contributed by atoms with Gasteiger partial charge in [-0.2, -0.15) is 0 Å². The number of para-hydroxylation sites is 1. The highest BCUT2D eigenvalue weighted by Gasteiger charge is 2.19. The lowest BCUT2D eigenvalue weighted by atomic mass is 9.94. The lowest BCUT2D eigenvalue weighted by Gasteiger charge is -2.12. The Bertz CT molecular complexity index is 3620. The van der Waals surface area contributed by atoms with Crippen LogP contribution in [0.2, 0.25) is 0 Å². The summed E-state index contributed by atoms with van der Waals surface area (Å²) in [5.74, 6) is 1.35. The maximum absolute atomic E-state index is 6.74. The minimum Gasteiger partial charge on any atom is -0.455 e. The molecule has 0 N–H and O–H groups in total. The summed E-state index contributed by atoms with van der Waals surface area (Å²) in [7, 11) is 0. The molecule has 5 heteroatoms. The first-order valence-electron chi connectivity index (χ1n) is 21.8. The molecule has 3 heterocycles. The van der Waals surface area contributed by atoms with Crippen molar-refractivity contribution in [2.24, 2.45) is 0 Å². The zero-order valence-electron chi connectivity index (χ0n) is 35.1. The van der Waals surface area contributed by atoms with Gasteiger partial charge in [0.1, 0.15) is 11.2 Å². The molecule has 0 saturated carbocycles. The van der Waals surface area contributed by atoms with Gasteiger partial charge >= 0.3 is 0 Å². The number of hydrogen-bond acceptors (Lipinski definition) is 5. The summed E-state index contributed by atoms with van der Waals surface area (Å²) < 4.78 is 6.74. The van der Waals surface area contributed by atoms with Crippen molar-refractivity contribution >= 4 is 32.7 Å². The van der Waals surface area contributed by atoms with Crippen LogP contribution in [0.5, 0.6) is 0 Å². The Morgan fingerprint density at radius 2 is 0.708 bits per heavy atom. The fourth-order valence-electron chi connectivity index (χ4n) is 8.90. The van der Waals surface area contributed by atoms with Crippen molar-refractivity contribution in [1.82, 2.24) is 19.9 Å². The van der Waals surface area contributed by atoms with E-state index < -0.39 is 0 Å². The van der Waals surface area contributed by atoms with E-state index in [1.54, 1.807) is 0 Å². The summed E-state index contributed by atoms with van der Waals surface area (Å²) >= 11 is 0. The highest BCUT2D eigenvalue weighted by molar-refractivity contribution is 6.16. The molecule has 0 amide bonds. The summed E-state index contributed by atoms with van der Waals surface area (Å²) in [4.78, 5) is 20.5. The van der Waals surface area contributed by atoms with E-state index in [4.69, 9.17) is 24.4 Å². The normalized spacial score (nSPS) is 11.4. The third-order valence-corrected chi connectivity index (χ3v) is 12.2. The van der Waals surface area contributed by atoms with Crippen molar-refractivity contribution in [3.8, 4) is 90.1 Å². The summed E-state index contributed by atoms with van der Waals surface area (Å²) in [6.45, 7) is 0. The number of fused-ring (bicyclic) bond motifs is 4. The van der Waals surface area contributed by atoms with E-state index >= 15 is 0 Å². The van der Waals surface area contributed by atoms with Gasteiger partial charge in [0.25, 0.3) is 0 Å². The third-order valence-electron chi connectivity index (χ3n) is 12.2. The van der Waals surface area contributed by atoms with E-state index in [1.165, 1.54) is 5.39 Å². The highest BCUT2D eigenvalue weighted by atomic mass is 16.3. The summed E-state index contributed by atoms with van der Waals surface area (Å²) in [5, 5.41) is 4.47. The second-order valence-corrected chi connectivity index (χ2v) is 16.2. The SMILES string of the molecule is c1ccc(-c2cc(-c3ccccc3)nc(-c3ccc(-c4ccc(-c5ccc(-c6nc(-c7ccccc7)cc(-c7cccc8ccccc78)n6)cc5)c5oc6ccccc6c45)cc3)n2)cc1. The number of nitrogens with zero attached hydrogens (tertiary/aromatic N) is 4. The predicted octanol–water partition coefficient (Wildman–Crippen LogP) is 15.7. The van der Waals surface area contributed by atoms with Crippen molar-refractivity contribution in [3.63, 3.8) is 0 Å². The number of furan rings is 1. The van der Waals surface area contributed by atoms with E-state index in [0.29, 0.717) is 11.6 Å². The molecule has 0 fully saturated rings. The Balaban J connectivity index is 0.925. The van der Waals surface area contributed by atoms with Crippen LogP contribution in [0.4, 0.5) is 0 Å². The van der Waals surface area contributed by atoms with Gasteiger partial charge in [0, 0.05) is 49.7 Å². The summed E-state index contributed by atoms with van der Waals surface area (Å²) in [6.07, 6.45) is 0. The molecule has 0 aliphatic rings. The molecule has 0 bridgehead atoms. The van der Waals surface area contributed by atoms with Crippen LogP contribution in [-0.2, 0) is 0 Å². The molecule has 0 atom stereocenters. The second-order valence-electron chi connectivity index (χ2n) is 16.2. The van der Waals surface area contributed by atoms with Crippen LogP contribution >= 0.6 is 0 Å². The Kier molecular flexibility index (Phi) is 9.42. The Morgan fingerprint density at radius 3 is 1.29 bits per heavy atom. The number of rotatable bonds is 8. The lowest BCUT2D eigenvalue weighted by Crippen LogP contribution is -1.96. The number of benzene rings is 9. The lowest BCUT2D eigenvalue weighted by molar-refractivity contribution is 0.670. The van der Waals surface area contributed by atoms with Crippen LogP contribution in [0.15, 0.2) is 235 Å². The average molecular weight is 831 g/mol. The minimum absolute atomic E-state index is 0.669. The standard InChI is InChI=1S/C60H38N4O/c1-4-16-42(17-5-1)52-37-53(43-18-6-2-7-19-43)62-59(61-52)45-31-27-40(28-32-45)48-35-36-49(58-57(48)51-24-12-13-26-56(51)65-58)41-29-33-46(34-30-41)60-63-54(44-20-8-3-9-21-44)38-55(64-60)50-25-14-22-39-15-10-11-23-47(39)50/h1-38H. The van der Waals surface area contributed by atoms with Gasteiger partial charge in [-0.1, -0.05) is 206 Å². The molecule has 12 aromatic rings. The largest absolute Gasteiger partial charge is 0.455 e. The van der Waals surface area contributed by atoms with E-state index in [9.17, 15) is 0 Å². The van der Waals surface area contributed by atoms with Crippen LogP contribution < -0.4 is 0 Å². The molecule has 9 aromatic carbocycles. The molecule has 0 spiro atoms. The molecule has 5 nitrogen and oxygen atoms in total. The average Bonchev–Trinajstić information content (AvgIpc) is 3.79. The van der Waals surface area contributed by atoms with Gasteiger partial charge in [0.15, 0.2) is 11.6 Å². The quantitative estimate of drug-likeness (QED) is 0.153. The van der Waals surface area contributed by atoms with Crippen LogP contribution in [0, 0.1) is 0 Å². The van der Waals surface area contributed by atoms with Gasteiger partial charge in [-0.3, -0.25) is 0 Å². The molecule has 0 unspecified atom stereocenters. The summed E-state index contributed by atoms with van der Waals surface area (Å²) in [5.41, 5.74) is 15.5. The van der Waals surface area contributed by atoms with Crippen molar-refractivity contribution in [2.45, 2.75) is 0 Å². The molecular formula is C60H38N4O. The second kappa shape index (κ2) is 16.2. The van der Waals surface area contributed by atoms with Gasteiger partial charge in [-0.05, 0) is 51.7 Å². The molecular weight excluding hydrogens is 793 g/mol. The molecule has 65 heavy (non-hydrogen) atoms. The van der Waals surface area contributed by atoms with E-state index in [1.807, 2.05) is 66.7 Å². The fourth-order valence-corrected chi connectivity index (χ4v) is 8.90. The first kappa shape index (κ1) is 37.9. The van der Waals surface area contributed by atoms with Crippen molar-refractivity contribution in [1.29, 1.82) is 0 Å². The van der Waals surface area contributed by atoms with E-state index in [-0.39, 0.29) is 0 Å². The maximum atomic E-state index is 6.74. The molecule has 0 radical (unpaired) electrons. The Labute approximate surface area is 376 Å². The van der Waals surface area contributed by atoms with Crippen LogP contribution in [0.1, 0.15) is 0 Å². The predicted molar refractivity (Wildman–Crippen MR) is 266 cm³/mol. The molecule has 0 aliphatic heterocycles. The first-order valence-corrected chi connectivity index (χ1v) is 21.8. The van der Waals surface area contributed by atoms with Crippen LogP contribution in [0.25, 0.3) is 123 Å². The van der Waals surface area contributed by atoms with E-state index in [2.05, 4.69) is 164 Å². The van der Waals surface area contributed by atoms with Crippen molar-refractivity contribution in [2.75, 3.05) is 0 Å². The van der Waals surface area contributed by atoms with Gasteiger partial charge in [0.05, 0.1) is 22.8 Å². The van der Waals surface area contributed by atoms with Gasteiger partial charge < -0.3 is 4.42 Å². The Hall–Kier alpha value is -8.80. The summed E-state index contributed by atoms with van der Waals surface area (Å²) in [6, 6.07) is 79.6. The monoisotopic (exact) mass is 830 g/mol. The number of aromatic nitrogens is 4. The third kappa shape index (κ3) is 7.11. The molecule has 12 rings (SSSR count). The van der Waals surface area contributed by atoms with Crippen LogP contribution in [-0.4, -0.2) is 19.9 Å². The Morgan fingerprint density at radius 1 is 0.277 bits per heavy atom. The zero-order valence-corrected chi connectivity index (χ0v) is 35.1. The van der Waals surface area contributed by atoms with Crippen molar-refractivity contribution in [3.05, 3.63) is 231 Å². The molecule has 304 valence electrons. The number of hydrogen-bond donors (Lipinski definition) is 0. The maximum Gasteiger partial charge on any atom is 0.160 e. The smallest absolute Gasteiger partial charge is 0.160 e. The van der Waals surface area contributed by atoms with Gasteiger partial charge in [-0.15, -0.1) is 0 Å².